The number of methoxy groups -OCH3 is 1. The molecule has 32 heavy (non-hydrogen) atoms. The number of carbonyl (C=O) groups excluding carboxylic acids is 1. The SMILES string of the molecule is COc1ncc(Nc2nc(NC3CCCC[C@@H]3N)c(F)cc2C(N)=O)cc1-n1cccn1. The van der Waals surface area contributed by atoms with Crippen LogP contribution in [0.5, 0.6) is 5.88 Å². The second kappa shape index (κ2) is 9.18. The first kappa shape index (κ1) is 21.5. The molecule has 0 bridgehead atoms. The van der Waals surface area contributed by atoms with Crippen LogP contribution in [0, 0.1) is 5.82 Å². The smallest absolute Gasteiger partial charge is 0.252 e. The summed E-state index contributed by atoms with van der Waals surface area (Å²) in [6.45, 7) is 0. The number of primary amides is 1. The lowest BCUT2D eigenvalue weighted by atomic mass is 9.91. The van der Waals surface area contributed by atoms with Gasteiger partial charge in [-0.1, -0.05) is 12.8 Å². The highest BCUT2D eigenvalue weighted by Crippen LogP contribution is 2.29. The van der Waals surface area contributed by atoms with Crippen molar-refractivity contribution in [3.8, 4) is 11.6 Å². The van der Waals surface area contributed by atoms with Gasteiger partial charge in [-0.2, -0.15) is 5.10 Å². The number of hydrogen-bond acceptors (Lipinski definition) is 8. The Morgan fingerprint density at radius 2 is 2.09 bits per heavy atom. The highest BCUT2D eigenvalue weighted by atomic mass is 19.1. The average molecular weight is 440 g/mol. The summed E-state index contributed by atoms with van der Waals surface area (Å²) in [7, 11) is 1.50. The lowest BCUT2D eigenvalue weighted by Gasteiger charge is -2.30. The van der Waals surface area contributed by atoms with E-state index in [2.05, 4.69) is 25.7 Å². The number of halogens is 1. The molecule has 1 aliphatic carbocycles. The normalized spacial score (nSPS) is 18.2. The topological polar surface area (TPSA) is 146 Å². The summed E-state index contributed by atoms with van der Waals surface area (Å²) in [6, 6.07) is 4.35. The van der Waals surface area contributed by atoms with E-state index in [1.165, 1.54) is 13.3 Å². The van der Waals surface area contributed by atoms with Crippen LogP contribution in [-0.4, -0.2) is 44.8 Å². The predicted molar refractivity (Wildman–Crippen MR) is 118 cm³/mol. The molecule has 0 saturated heterocycles. The van der Waals surface area contributed by atoms with Crippen LogP contribution in [0.4, 0.5) is 21.7 Å². The van der Waals surface area contributed by atoms with Crippen molar-refractivity contribution < 1.29 is 13.9 Å². The summed E-state index contributed by atoms with van der Waals surface area (Å²) in [5, 5.41) is 10.3. The first-order valence-corrected chi connectivity index (χ1v) is 10.3. The van der Waals surface area contributed by atoms with Crippen molar-refractivity contribution in [1.82, 2.24) is 19.7 Å². The molecule has 1 aliphatic rings. The number of hydrogen-bond donors (Lipinski definition) is 4. The lowest BCUT2D eigenvalue weighted by molar-refractivity contribution is 0.100. The molecule has 11 heteroatoms. The van der Waals surface area contributed by atoms with Gasteiger partial charge in [-0.05, 0) is 31.0 Å². The first-order valence-electron chi connectivity index (χ1n) is 10.3. The Balaban J connectivity index is 1.68. The van der Waals surface area contributed by atoms with Crippen molar-refractivity contribution >= 4 is 23.2 Å². The van der Waals surface area contributed by atoms with E-state index in [9.17, 15) is 9.18 Å². The molecule has 3 aromatic heterocycles. The monoisotopic (exact) mass is 440 g/mol. The van der Waals surface area contributed by atoms with Crippen LogP contribution < -0.4 is 26.8 Å². The molecular formula is C21H25FN8O2. The second-order valence-electron chi connectivity index (χ2n) is 7.61. The molecule has 0 aromatic carbocycles. The number of nitrogens with two attached hydrogens (primary N) is 2. The third-order valence-electron chi connectivity index (χ3n) is 5.42. The number of aromatic nitrogens is 4. The van der Waals surface area contributed by atoms with E-state index in [1.807, 2.05) is 0 Å². The molecule has 3 aromatic rings. The van der Waals surface area contributed by atoms with Gasteiger partial charge in [0.2, 0.25) is 5.88 Å². The zero-order valence-electron chi connectivity index (χ0n) is 17.6. The maximum absolute atomic E-state index is 14.7. The minimum atomic E-state index is -0.811. The van der Waals surface area contributed by atoms with Gasteiger partial charge in [-0.25, -0.2) is 19.0 Å². The number of pyridine rings is 2. The number of nitrogens with zero attached hydrogens (tertiary/aromatic N) is 4. The van der Waals surface area contributed by atoms with Crippen molar-refractivity contribution in [3.05, 3.63) is 48.2 Å². The molecule has 1 unspecified atom stereocenters. The molecule has 1 fully saturated rings. The van der Waals surface area contributed by atoms with E-state index in [0.717, 1.165) is 31.7 Å². The van der Waals surface area contributed by atoms with E-state index >= 15 is 0 Å². The standard InChI is InChI=1S/C21H25FN8O2/c1-32-21-17(30-8-4-7-26-30)9-12(11-25-21)27-19-13(18(24)31)10-14(22)20(29-19)28-16-6-3-2-5-15(16)23/h4,7-11,15-16H,2-3,5-6,23H2,1H3,(H2,24,31)(H2,27,28,29)/t15-,16?/m0/s1. The van der Waals surface area contributed by atoms with Crippen molar-refractivity contribution in [2.45, 2.75) is 37.8 Å². The molecule has 6 N–H and O–H groups in total. The van der Waals surface area contributed by atoms with Gasteiger partial charge in [-0.3, -0.25) is 4.79 Å². The van der Waals surface area contributed by atoms with Crippen molar-refractivity contribution in [3.63, 3.8) is 0 Å². The Hall–Kier alpha value is -3.73. The van der Waals surface area contributed by atoms with E-state index in [0.29, 0.717) is 17.3 Å². The fourth-order valence-electron chi connectivity index (χ4n) is 3.77. The first-order chi connectivity index (χ1) is 15.5. The molecule has 0 spiro atoms. The summed E-state index contributed by atoms with van der Waals surface area (Å²) in [4.78, 5) is 20.5. The van der Waals surface area contributed by atoms with Crippen molar-refractivity contribution in [1.29, 1.82) is 0 Å². The average Bonchev–Trinajstić information content (AvgIpc) is 3.32. The van der Waals surface area contributed by atoms with Crippen LogP contribution in [0.1, 0.15) is 36.0 Å². The van der Waals surface area contributed by atoms with Crippen molar-refractivity contribution in [2.75, 3.05) is 17.7 Å². The quantitative estimate of drug-likeness (QED) is 0.438. The summed E-state index contributed by atoms with van der Waals surface area (Å²) in [5.41, 5.74) is 12.6. The van der Waals surface area contributed by atoms with E-state index in [4.69, 9.17) is 16.2 Å². The minimum absolute atomic E-state index is 0.00798. The van der Waals surface area contributed by atoms with E-state index < -0.39 is 11.7 Å². The maximum atomic E-state index is 14.7. The van der Waals surface area contributed by atoms with E-state index in [-0.39, 0.29) is 29.3 Å². The molecule has 4 rings (SSSR count). The van der Waals surface area contributed by atoms with Crippen LogP contribution in [0.2, 0.25) is 0 Å². The zero-order valence-corrected chi connectivity index (χ0v) is 17.6. The van der Waals surface area contributed by atoms with Crippen molar-refractivity contribution in [2.24, 2.45) is 11.5 Å². The molecule has 2 atom stereocenters. The zero-order chi connectivity index (χ0) is 22.7. The molecule has 0 aliphatic heterocycles. The van der Waals surface area contributed by atoms with Gasteiger partial charge >= 0.3 is 0 Å². The molecule has 168 valence electrons. The predicted octanol–water partition coefficient (Wildman–Crippen LogP) is 2.33. The highest BCUT2D eigenvalue weighted by molar-refractivity contribution is 5.98. The number of amides is 1. The second-order valence-corrected chi connectivity index (χ2v) is 7.61. The number of rotatable bonds is 7. The Morgan fingerprint density at radius 3 is 2.78 bits per heavy atom. The number of anilines is 3. The maximum Gasteiger partial charge on any atom is 0.252 e. The largest absolute Gasteiger partial charge is 0.479 e. The van der Waals surface area contributed by atoms with Crippen LogP contribution in [0.15, 0.2) is 36.8 Å². The van der Waals surface area contributed by atoms with Gasteiger partial charge in [-0.15, -0.1) is 0 Å². The number of nitrogens with one attached hydrogen (secondary N) is 2. The van der Waals surface area contributed by atoms with Crippen LogP contribution >= 0.6 is 0 Å². The molecule has 0 radical (unpaired) electrons. The van der Waals surface area contributed by atoms with Gasteiger partial charge in [0, 0.05) is 24.5 Å². The summed E-state index contributed by atoms with van der Waals surface area (Å²) in [6.07, 6.45) is 8.60. The Morgan fingerprint density at radius 1 is 1.28 bits per heavy atom. The minimum Gasteiger partial charge on any atom is -0.479 e. The molecular weight excluding hydrogens is 415 g/mol. The van der Waals surface area contributed by atoms with Crippen LogP contribution in [0.25, 0.3) is 5.69 Å². The van der Waals surface area contributed by atoms with Gasteiger partial charge in [0.05, 0.1) is 24.6 Å². The number of carbonyl (C=O) groups is 1. The third kappa shape index (κ3) is 4.47. The van der Waals surface area contributed by atoms with Crippen LogP contribution in [0.3, 0.4) is 0 Å². The number of ether oxygens (including phenoxy) is 1. The molecule has 3 heterocycles. The third-order valence-corrected chi connectivity index (χ3v) is 5.42. The van der Waals surface area contributed by atoms with Gasteiger partial charge in [0.15, 0.2) is 11.6 Å². The Kier molecular flexibility index (Phi) is 6.17. The van der Waals surface area contributed by atoms with Crippen LogP contribution in [-0.2, 0) is 0 Å². The summed E-state index contributed by atoms with van der Waals surface area (Å²) < 4.78 is 21.6. The van der Waals surface area contributed by atoms with E-state index in [1.54, 1.807) is 29.2 Å². The fourth-order valence-corrected chi connectivity index (χ4v) is 3.77. The van der Waals surface area contributed by atoms with Gasteiger partial charge in [0.25, 0.3) is 5.91 Å². The Labute approximate surface area is 184 Å². The molecule has 1 amide bonds. The molecule has 1 saturated carbocycles. The summed E-state index contributed by atoms with van der Waals surface area (Å²) >= 11 is 0. The fraction of sp³-hybridized carbons (Fsp3) is 0.333. The lowest BCUT2D eigenvalue weighted by Crippen LogP contribution is -2.43. The highest BCUT2D eigenvalue weighted by Gasteiger charge is 2.24. The van der Waals surface area contributed by atoms with Gasteiger partial charge in [0.1, 0.15) is 11.5 Å². The molecule has 10 nitrogen and oxygen atoms in total. The van der Waals surface area contributed by atoms with Gasteiger partial charge < -0.3 is 26.8 Å². The summed E-state index contributed by atoms with van der Waals surface area (Å²) in [5.74, 6) is -1.02. The Bertz CT molecular complexity index is 1110.